The summed E-state index contributed by atoms with van der Waals surface area (Å²) in [4.78, 5) is 30.8. The lowest BCUT2D eigenvalue weighted by Gasteiger charge is -2.18. The Morgan fingerprint density at radius 1 is 1.25 bits per heavy atom. The number of rotatable bonds is 5. The third kappa shape index (κ3) is 3.34. The van der Waals surface area contributed by atoms with Crippen LogP contribution in [0, 0.1) is 9.49 Å². The van der Waals surface area contributed by atoms with Gasteiger partial charge in [0.2, 0.25) is 5.88 Å². The molecule has 0 radical (unpaired) electrons. The maximum atomic E-state index is 13.9. The molecule has 0 unspecified atom stereocenters. The lowest BCUT2D eigenvalue weighted by molar-refractivity contribution is -0.123. The molecular weight excluding hydrogens is 476 g/mol. The van der Waals surface area contributed by atoms with Crippen molar-refractivity contribution >= 4 is 50.0 Å². The highest BCUT2D eigenvalue weighted by molar-refractivity contribution is 14.1. The van der Waals surface area contributed by atoms with Gasteiger partial charge < -0.3 is 15.0 Å². The molecule has 1 aromatic carbocycles. The van der Waals surface area contributed by atoms with E-state index in [2.05, 4.69) is 37.9 Å². The second-order valence-corrected chi connectivity index (χ2v) is 8.09. The predicted octanol–water partition coefficient (Wildman–Crippen LogP) is 3.31. The van der Waals surface area contributed by atoms with Crippen LogP contribution < -0.4 is 15.6 Å². The minimum Gasteiger partial charge on any atom is -0.477 e. The Morgan fingerprint density at radius 3 is 2.86 bits per heavy atom. The Morgan fingerprint density at radius 2 is 2.07 bits per heavy atom. The summed E-state index contributed by atoms with van der Waals surface area (Å²) in [6, 6.07) is 5.34. The highest BCUT2D eigenvalue weighted by atomic mass is 127. The molecule has 8 heteroatoms. The number of carbonyl (C=O) groups excluding carboxylic acids is 1. The zero-order valence-electron chi connectivity index (χ0n) is 15.2. The van der Waals surface area contributed by atoms with Crippen molar-refractivity contribution < 1.29 is 13.9 Å². The standard InChI is InChI=1S/C20H19FIN3O3/c1-2-11-16(25-19(27)17(11)21)4-6-28-20-12-8-13-14(7-10(12)3-5-23-20)18(26)24-9-15(13)22/h3,5,7-9,11,16-17H,2,4,6H2,1H3,(H,24,26)(H,25,27)/t11-,16+,17-/m0/s1. The highest BCUT2D eigenvalue weighted by Crippen LogP contribution is 2.30. The average molecular weight is 495 g/mol. The maximum Gasteiger partial charge on any atom is 0.255 e. The number of aromatic nitrogens is 2. The summed E-state index contributed by atoms with van der Waals surface area (Å²) in [5.41, 5.74) is -0.139. The number of pyridine rings is 2. The molecule has 1 amide bonds. The summed E-state index contributed by atoms with van der Waals surface area (Å²) >= 11 is 2.18. The zero-order valence-corrected chi connectivity index (χ0v) is 17.3. The number of hydrogen-bond donors (Lipinski definition) is 2. The molecule has 1 fully saturated rings. The fourth-order valence-electron chi connectivity index (χ4n) is 3.81. The lowest BCUT2D eigenvalue weighted by Crippen LogP contribution is -2.30. The SMILES string of the molecule is CC[C@@H]1[C@H](F)C(=O)N[C@@H]1CCOc1nccc2cc3c(=O)[nH]cc(I)c3cc12. The van der Waals surface area contributed by atoms with Crippen molar-refractivity contribution in [2.24, 2.45) is 5.92 Å². The number of nitrogens with one attached hydrogen (secondary N) is 2. The van der Waals surface area contributed by atoms with Crippen molar-refractivity contribution in [3.8, 4) is 5.88 Å². The van der Waals surface area contributed by atoms with Crippen molar-refractivity contribution in [2.45, 2.75) is 32.0 Å². The Bertz CT molecular complexity index is 1120. The molecule has 0 bridgehead atoms. The van der Waals surface area contributed by atoms with Crippen LogP contribution in [-0.2, 0) is 4.79 Å². The van der Waals surface area contributed by atoms with Gasteiger partial charge in [0.1, 0.15) is 0 Å². The molecule has 1 saturated heterocycles. The van der Waals surface area contributed by atoms with Gasteiger partial charge in [-0.05, 0) is 52.6 Å². The molecule has 3 atom stereocenters. The molecule has 0 saturated carbocycles. The van der Waals surface area contributed by atoms with E-state index in [1.807, 2.05) is 25.1 Å². The third-order valence-electron chi connectivity index (χ3n) is 5.31. The second kappa shape index (κ2) is 7.65. The largest absolute Gasteiger partial charge is 0.477 e. The molecule has 146 valence electrons. The summed E-state index contributed by atoms with van der Waals surface area (Å²) in [5.74, 6) is -0.398. The Kier molecular flexibility index (Phi) is 5.22. The fourth-order valence-corrected chi connectivity index (χ4v) is 4.41. The van der Waals surface area contributed by atoms with Crippen molar-refractivity contribution in [2.75, 3.05) is 6.61 Å². The van der Waals surface area contributed by atoms with Crippen LogP contribution in [0.5, 0.6) is 5.88 Å². The van der Waals surface area contributed by atoms with Gasteiger partial charge in [-0.25, -0.2) is 9.37 Å². The predicted molar refractivity (Wildman–Crippen MR) is 113 cm³/mol. The molecule has 28 heavy (non-hydrogen) atoms. The van der Waals surface area contributed by atoms with Gasteiger partial charge in [0.25, 0.3) is 11.5 Å². The second-order valence-electron chi connectivity index (χ2n) is 6.93. The molecule has 3 heterocycles. The molecule has 1 aliphatic rings. The molecule has 3 aromatic rings. The molecule has 0 spiro atoms. The zero-order chi connectivity index (χ0) is 19.8. The van der Waals surface area contributed by atoms with E-state index in [9.17, 15) is 14.0 Å². The number of carbonyl (C=O) groups is 1. The van der Waals surface area contributed by atoms with Crippen LogP contribution >= 0.6 is 22.6 Å². The van der Waals surface area contributed by atoms with Crippen molar-refractivity contribution in [1.29, 1.82) is 0 Å². The maximum absolute atomic E-state index is 13.9. The number of H-pyrrole nitrogens is 1. The van der Waals surface area contributed by atoms with E-state index >= 15 is 0 Å². The van der Waals surface area contributed by atoms with Crippen LogP contribution in [0.2, 0.25) is 0 Å². The Labute approximate surface area is 174 Å². The van der Waals surface area contributed by atoms with Gasteiger partial charge in [0.15, 0.2) is 6.17 Å². The first kappa shape index (κ1) is 19.1. The number of benzene rings is 1. The van der Waals surface area contributed by atoms with Crippen molar-refractivity contribution in [3.63, 3.8) is 0 Å². The van der Waals surface area contributed by atoms with Gasteiger partial charge in [0, 0.05) is 50.5 Å². The molecule has 1 aliphatic heterocycles. The first-order valence-electron chi connectivity index (χ1n) is 9.16. The first-order chi connectivity index (χ1) is 13.5. The first-order valence-corrected chi connectivity index (χ1v) is 10.2. The van der Waals surface area contributed by atoms with Gasteiger partial charge in [0.05, 0.1) is 6.61 Å². The van der Waals surface area contributed by atoms with E-state index < -0.39 is 12.1 Å². The summed E-state index contributed by atoms with van der Waals surface area (Å²) < 4.78 is 20.7. The van der Waals surface area contributed by atoms with Gasteiger partial charge in [-0.1, -0.05) is 6.92 Å². The van der Waals surface area contributed by atoms with E-state index in [-0.39, 0.29) is 17.5 Å². The average Bonchev–Trinajstić information content (AvgIpc) is 2.97. The number of ether oxygens (including phenoxy) is 1. The Balaban J connectivity index is 1.59. The molecule has 6 nitrogen and oxygen atoms in total. The minimum absolute atomic E-state index is 0.139. The van der Waals surface area contributed by atoms with Crippen molar-refractivity contribution in [3.05, 3.63) is 44.5 Å². The summed E-state index contributed by atoms with van der Waals surface area (Å²) in [5, 5.41) is 5.83. The van der Waals surface area contributed by atoms with E-state index in [0.29, 0.717) is 30.7 Å². The van der Waals surface area contributed by atoms with Crippen molar-refractivity contribution in [1.82, 2.24) is 15.3 Å². The van der Waals surface area contributed by atoms with E-state index in [4.69, 9.17) is 4.74 Å². The van der Waals surface area contributed by atoms with Crippen LogP contribution in [0.4, 0.5) is 4.39 Å². The van der Waals surface area contributed by atoms with Crippen LogP contribution in [0.15, 0.2) is 35.4 Å². The monoisotopic (exact) mass is 495 g/mol. The topological polar surface area (TPSA) is 84.1 Å². The number of nitrogens with zero attached hydrogens (tertiary/aromatic N) is 1. The molecule has 2 aromatic heterocycles. The molecule has 0 aliphatic carbocycles. The molecule has 4 rings (SSSR count). The number of fused-ring (bicyclic) bond motifs is 2. The van der Waals surface area contributed by atoms with E-state index in [0.717, 1.165) is 19.7 Å². The summed E-state index contributed by atoms with van der Waals surface area (Å²) in [7, 11) is 0. The number of hydrogen-bond acceptors (Lipinski definition) is 4. The number of alkyl halides is 1. The number of aromatic amines is 1. The highest BCUT2D eigenvalue weighted by Gasteiger charge is 2.41. The Hall–Kier alpha value is -2.23. The van der Waals surface area contributed by atoms with E-state index in [1.165, 1.54) is 0 Å². The number of amides is 1. The molecule has 2 N–H and O–H groups in total. The van der Waals surface area contributed by atoms with Gasteiger partial charge in [-0.15, -0.1) is 0 Å². The van der Waals surface area contributed by atoms with Crippen LogP contribution in [0.3, 0.4) is 0 Å². The lowest BCUT2D eigenvalue weighted by atomic mass is 9.94. The quantitative estimate of drug-likeness (QED) is 0.421. The summed E-state index contributed by atoms with van der Waals surface area (Å²) in [6.45, 7) is 2.19. The van der Waals surface area contributed by atoms with Crippen LogP contribution in [0.25, 0.3) is 21.5 Å². The van der Waals surface area contributed by atoms with Crippen LogP contribution in [-0.4, -0.2) is 34.7 Å². The van der Waals surface area contributed by atoms with Gasteiger partial charge >= 0.3 is 0 Å². The van der Waals surface area contributed by atoms with Crippen LogP contribution in [0.1, 0.15) is 19.8 Å². The number of halogens is 2. The third-order valence-corrected chi connectivity index (χ3v) is 6.20. The summed E-state index contributed by atoms with van der Waals surface area (Å²) in [6.07, 6.45) is 2.96. The van der Waals surface area contributed by atoms with Gasteiger partial charge in [-0.2, -0.15) is 0 Å². The van der Waals surface area contributed by atoms with Gasteiger partial charge in [-0.3, -0.25) is 9.59 Å². The fraction of sp³-hybridized carbons (Fsp3) is 0.350. The normalized spacial score (nSPS) is 22.0. The van der Waals surface area contributed by atoms with E-state index in [1.54, 1.807) is 12.4 Å². The molecular formula is C20H19FIN3O3. The minimum atomic E-state index is -1.45. The smallest absolute Gasteiger partial charge is 0.255 e.